The van der Waals surface area contributed by atoms with Crippen LogP contribution in [0.2, 0.25) is 0 Å². The van der Waals surface area contributed by atoms with E-state index in [9.17, 15) is 21.6 Å². The minimum absolute atomic E-state index is 0.0558. The number of hydrogen-bond donors (Lipinski definition) is 2. The molecule has 0 saturated carbocycles. The van der Waals surface area contributed by atoms with Crippen LogP contribution < -0.4 is 10.5 Å². The summed E-state index contributed by atoms with van der Waals surface area (Å²) >= 11 is 0. The number of anilines is 2. The van der Waals surface area contributed by atoms with E-state index in [0.29, 0.717) is 12.1 Å². The topological polar surface area (TPSA) is 72.2 Å². The van der Waals surface area contributed by atoms with Crippen LogP contribution >= 0.6 is 0 Å². The predicted octanol–water partition coefficient (Wildman–Crippen LogP) is 2.80. The second kappa shape index (κ2) is 5.28. The fourth-order valence-electron chi connectivity index (χ4n) is 1.74. The molecular formula is C13H11F3N2O2S. The average molecular weight is 316 g/mol. The van der Waals surface area contributed by atoms with Gasteiger partial charge in [-0.1, -0.05) is 6.07 Å². The summed E-state index contributed by atoms with van der Waals surface area (Å²) in [6.45, 7) is 1.71. The summed E-state index contributed by atoms with van der Waals surface area (Å²) in [6, 6.07) is 4.98. The molecule has 0 bridgehead atoms. The zero-order valence-corrected chi connectivity index (χ0v) is 11.6. The smallest absolute Gasteiger partial charge is 0.264 e. The molecule has 0 atom stereocenters. The highest BCUT2D eigenvalue weighted by molar-refractivity contribution is 7.92. The highest BCUT2D eigenvalue weighted by Gasteiger charge is 2.21. The highest BCUT2D eigenvalue weighted by Crippen LogP contribution is 2.25. The van der Waals surface area contributed by atoms with Gasteiger partial charge >= 0.3 is 0 Å². The van der Waals surface area contributed by atoms with Crippen molar-refractivity contribution in [2.45, 2.75) is 11.8 Å². The van der Waals surface area contributed by atoms with Crippen LogP contribution in [0.4, 0.5) is 24.5 Å². The molecule has 112 valence electrons. The molecule has 0 aliphatic rings. The molecule has 0 aromatic heterocycles. The van der Waals surface area contributed by atoms with Crippen molar-refractivity contribution in [1.82, 2.24) is 0 Å². The summed E-state index contributed by atoms with van der Waals surface area (Å²) in [5, 5.41) is 0. The molecule has 4 nitrogen and oxygen atoms in total. The second-order valence-corrected chi connectivity index (χ2v) is 6.05. The second-order valence-electron chi connectivity index (χ2n) is 4.40. The SMILES string of the molecule is Cc1ccc(S(=O)(=O)Nc2cc(F)cc(F)c2F)c(N)c1. The van der Waals surface area contributed by atoms with Crippen LogP contribution in [0, 0.1) is 24.4 Å². The molecule has 0 heterocycles. The van der Waals surface area contributed by atoms with E-state index >= 15 is 0 Å². The van der Waals surface area contributed by atoms with Crippen LogP contribution in [0.5, 0.6) is 0 Å². The van der Waals surface area contributed by atoms with Crippen molar-refractivity contribution in [2.75, 3.05) is 10.5 Å². The highest BCUT2D eigenvalue weighted by atomic mass is 32.2. The molecule has 0 amide bonds. The lowest BCUT2D eigenvalue weighted by atomic mass is 10.2. The third-order valence-corrected chi connectivity index (χ3v) is 4.13. The van der Waals surface area contributed by atoms with E-state index in [1.165, 1.54) is 18.2 Å². The Morgan fingerprint density at radius 2 is 1.76 bits per heavy atom. The number of nitrogen functional groups attached to an aromatic ring is 1. The first-order chi connectivity index (χ1) is 9.70. The number of halogens is 3. The summed E-state index contributed by atoms with van der Waals surface area (Å²) in [7, 11) is -4.27. The average Bonchev–Trinajstić information content (AvgIpc) is 2.34. The fraction of sp³-hybridized carbons (Fsp3) is 0.0769. The number of benzene rings is 2. The number of hydrogen-bond acceptors (Lipinski definition) is 3. The zero-order chi connectivity index (χ0) is 15.8. The third-order valence-electron chi connectivity index (χ3n) is 2.69. The van der Waals surface area contributed by atoms with Crippen molar-refractivity contribution in [1.29, 1.82) is 0 Å². The Bertz CT molecular complexity index is 807. The van der Waals surface area contributed by atoms with E-state index in [-0.39, 0.29) is 10.6 Å². The Balaban J connectivity index is 2.47. The summed E-state index contributed by atoms with van der Waals surface area (Å²) in [6.07, 6.45) is 0. The third kappa shape index (κ3) is 3.10. The van der Waals surface area contributed by atoms with Crippen molar-refractivity contribution >= 4 is 21.4 Å². The summed E-state index contributed by atoms with van der Waals surface area (Å²) in [5.74, 6) is -4.10. The largest absolute Gasteiger partial charge is 0.398 e. The molecule has 0 aliphatic carbocycles. The maximum absolute atomic E-state index is 13.5. The van der Waals surface area contributed by atoms with Crippen LogP contribution in [0.1, 0.15) is 5.56 Å². The van der Waals surface area contributed by atoms with Crippen molar-refractivity contribution in [3.63, 3.8) is 0 Å². The summed E-state index contributed by atoms with van der Waals surface area (Å²) in [4.78, 5) is -0.308. The van der Waals surface area contributed by atoms with Gasteiger partial charge in [0.05, 0.1) is 11.4 Å². The molecule has 0 radical (unpaired) electrons. The normalized spacial score (nSPS) is 11.4. The predicted molar refractivity (Wildman–Crippen MR) is 72.7 cm³/mol. The summed E-state index contributed by atoms with van der Waals surface area (Å²) < 4.78 is 65.6. The monoisotopic (exact) mass is 316 g/mol. The number of nitrogens with one attached hydrogen (secondary N) is 1. The lowest BCUT2D eigenvalue weighted by Gasteiger charge is -2.11. The van der Waals surface area contributed by atoms with Gasteiger partial charge in [0.2, 0.25) is 0 Å². The molecule has 0 saturated heterocycles. The van der Waals surface area contributed by atoms with Crippen LogP contribution in [0.25, 0.3) is 0 Å². The van der Waals surface area contributed by atoms with Gasteiger partial charge in [-0.2, -0.15) is 0 Å². The van der Waals surface area contributed by atoms with Gasteiger partial charge in [-0.05, 0) is 24.6 Å². The van der Waals surface area contributed by atoms with Crippen molar-refractivity contribution in [3.8, 4) is 0 Å². The Morgan fingerprint density at radius 1 is 1.10 bits per heavy atom. The van der Waals surface area contributed by atoms with Crippen LogP contribution in [-0.2, 0) is 10.0 Å². The van der Waals surface area contributed by atoms with E-state index in [4.69, 9.17) is 5.73 Å². The lowest BCUT2D eigenvalue weighted by molar-refractivity contribution is 0.498. The maximum Gasteiger partial charge on any atom is 0.264 e. The van der Waals surface area contributed by atoms with Gasteiger partial charge in [-0.15, -0.1) is 0 Å². The van der Waals surface area contributed by atoms with E-state index in [0.717, 1.165) is 5.56 Å². The van der Waals surface area contributed by atoms with Gasteiger partial charge in [-0.3, -0.25) is 4.72 Å². The lowest BCUT2D eigenvalue weighted by Crippen LogP contribution is -2.16. The molecule has 0 aliphatic heterocycles. The Kier molecular flexibility index (Phi) is 3.82. The quantitative estimate of drug-likeness (QED) is 0.675. The van der Waals surface area contributed by atoms with Crippen LogP contribution in [0.15, 0.2) is 35.2 Å². The molecule has 0 unspecified atom stereocenters. The molecule has 8 heteroatoms. The molecule has 2 aromatic carbocycles. The number of aryl methyl sites for hydroxylation is 1. The van der Waals surface area contributed by atoms with E-state index in [1.807, 2.05) is 0 Å². The van der Waals surface area contributed by atoms with E-state index in [2.05, 4.69) is 0 Å². The zero-order valence-electron chi connectivity index (χ0n) is 10.8. The Hall–Kier alpha value is -2.22. The van der Waals surface area contributed by atoms with E-state index < -0.39 is 33.2 Å². The number of nitrogens with two attached hydrogens (primary N) is 1. The molecule has 0 fully saturated rings. The van der Waals surface area contributed by atoms with Crippen molar-refractivity contribution in [3.05, 3.63) is 53.3 Å². The van der Waals surface area contributed by atoms with Gasteiger partial charge in [0.1, 0.15) is 10.7 Å². The van der Waals surface area contributed by atoms with E-state index in [1.54, 1.807) is 11.6 Å². The molecule has 2 rings (SSSR count). The van der Waals surface area contributed by atoms with Gasteiger partial charge in [0, 0.05) is 12.1 Å². The summed E-state index contributed by atoms with van der Waals surface area (Å²) in [5.41, 5.74) is 5.45. The standard InChI is InChI=1S/C13H11F3N2O2S/c1-7-2-3-12(10(17)4-7)21(19,20)18-11-6-8(14)5-9(15)13(11)16/h2-6,18H,17H2,1H3. The Labute approximate surface area is 119 Å². The minimum Gasteiger partial charge on any atom is -0.398 e. The van der Waals surface area contributed by atoms with Crippen LogP contribution in [-0.4, -0.2) is 8.42 Å². The fourth-order valence-corrected chi connectivity index (χ4v) is 2.91. The van der Waals surface area contributed by atoms with Crippen molar-refractivity contribution < 1.29 is 21.6 Å². The molecular weight excluding hydrogens is 305 g/mol. The maximum atomic E-state index is 13.5. The first kappa shape index (κ1) is 15.2. The first-order valence-corrected chi connectivity index (χ1v) is 7.22. The molecule has 21 heavy (non-hydrogen) atoms. The van der Waals surface area contributed by atoms with Crippen molar-refractivity contribution in [2.24, 2.45) is 0 Å². The van der Waals surface area contributed by atoms with Gasteiger partial charge in [0.25, 0.3) is 10.0 Å². The molecule has 0 spiro atoms. The first-order valence-electron chi connectivity index (χ1n) is 5.74. The molecule has 2 aromatic rings. The van der Waals surface area contributed by atoms with Gasteiger partial charge in [0.15, 0.2) is 11.6 Å². The minimum atomic E-state index is -4.27. The van der Waals surface area contributed by atoms with Gasteiger partial charge in [-0.25, -0.2) is 21.6 Å². The Morgan fingerprint density at radius 3 is 2.38 bits per heavy atom. The molecule has 3 N–H and O–H groups in total. The number of rotatable bonds is 3. The van der Waals surface area contributed by atoms with Gasteiger partial charge < -0.3 is 5.73 Å². The van der Waals surface area contributed by atoms with Crippen LogP contribution in [0.3, 0.4) is 0 Å². The number of sulfonamides is 1.